The van der Waals surface area contributed by atoms with Crippen molar-refractivity contribution in [1.82, 2.24) is 4.90 Å². The average Bonchev–Trinajstić information content (AvgIpc) is 2.13. The minimum atomic E-state index is -0.694. The molecule has 16 heavy (non-hydrogen) atoms. The van der Waals surface area contributed by atoms with Crippen molar-refractivity contribution < 1.29 is 9.90 Å². The molecular formula is C12H22N2O2. The lowest BCUT2D eigenvalue weighted by molar-refractivity contribution is -0.138. The van der Waals surface area contributed by atoms with E-state index in [2.05, 4.69) is 11.8 Å². The van der Waals surface area contributed by atoms with Crippen molar-refractivity contribution >= 4 is 5.97 Å². The van der Waals surface area contributed by atoms with E-state index >= 15 is 0 Å². The maximum Gasteiger partial charge on any atom is 0.303 e. The van der Waals surface area contributed by atoms with Gasteiger partial charge in [0.2, 0.25) is 0 Å². The normalized spacial score (nSPS) is 40.4. The number of nitrogens with two attached hydrogens (primary N) is 1. The summed E-state index contributed by atoms with van der Waals surface area (Å²) in [6.45, 7) is 4.15. The van der Waals surface area contributed by atoms with Crippen molar-refractivity contribution in [3.8, 4) is 0 Å². The fourth-order valence-electron chi connectivity index (χ4n) is 3.14. The largest absolute Gasteiger partial charge is 0.481 e. The van der Waals surface area contributed by atoms with Crippen molar-refractivity contribution in [2.75, 3.05) is 13.1 Å². The molecule has 1 saturated carbocycles. The van der Waals surface area contributed by atoms with Crippen LogP contribution in [0.2, 0.25) is 0 Å². The van der Waals surface area contributed by atoms with Crippen LogP contribution in [0, 0.1) is 11.8 Å². The van der Waals surface area contributed by atoms with Gasteiger partial charge in [0.25, 0.3) is 0 Å². The molecule has 1 saturated heterocycles. The van der Waals surface area contributed by atoms with E-state index in [0.717, 1.165) is 25.4 Å². The Labute approximate surface area is 96.8 Å². The zero-order valence-corrected chi connectivity index (χ0v) is 9.93. The molecule has 4 unspecified atom stereocenters. The number of likely N-dealkylation sites (tertiary alicyclic amines) is 1. The van der Waals surface area contributed by atoms with E-state index in [0.29, 0.717) is 6.04 Å². The first-order valence-electron chi connectivity index (χ1n) is 6.27. The molecule has 0 bridgehead atoms. The van der Waals surface area contributed by atoms with Crippen LogP contribution in [0.4, 0.5) is 0 Å². The zero-order valence-electron chi connectivity index (χ0n) is 9.93. The molecule has 4 heteroatoms. The molecule has 0 spiro atoms. The quantitative estimate of drug-likeness (QED) is 0.750. The molecule has 1 aliphatic heterocycles. The minimum Gasteiger partial charge on any atom is -0.481 e. The third-order valence-electron chi connectivity index (χ3n) is 4.10. The van der Waals surface area contributed by atoms with Crippen molar-refractivity contribution in [3.05, 3.63) is 0 Å². The summed E-state index contributed by atoms with van der Waals surface area (Å²) >= 11 is 0. The van der Waals surface area contributed by atoms with Gasteiger partial charge >= 0.3 is 5.97 Å². The van der Waals surface area contributed by atoms with Gasteiger partial charge < -0.3 is 10.8 Å². The number of rotatable bonds is 3. The van der Waals surface area contributed by atoms with Crippen LogP contribution in [0.25, 0.3) is 0 Å². The Balaban J connectivity index is 1.91. The van der Waals surface area contributed by atoms with Crippen molar-refractivity contribution in [1.29, 1.82) is 0 Å². The summed E-state index contributed by atoms with van der Waals surface area (Å²) in [5.74, 6) is 0.311. The van der Waals surface area contributed by atoms with E-state index in [-0.39, 0.29) is 18.4 Å². The van der Waals surface area contributed by atoms with Crippen LogP contribution in [0.1, 0.15) is 32.6 Å². The Morgan fingerprint density at radius 1 is 1.44 bits per heavy atom. The Kier molecular flexibility index (Phi) is 3.50. The van der Waals surface area contributed by atoms with Gasteiger partial charge in [0.05, 0.1) is 0 Å². The second-order valence-corrected chi connectivity index (χ2v) is 5.54. The molecule has 4 nitrogen and oxygen atoms in total. The third-order valence-corrected chi connectivity index (χ3v) is 4.10. The van der Waals surface area contributed by atoms with Crippen molar-refractivity contribution in [3.63, 3.8) is 0 Å². The number of carboxylic acids is 1. The van der Waals surface area contributed by atoms with E-state index in [1.165, 1.54) is 12.8 Å². The first-order valence-corrected chi connectivity index (χ1v) is 6.27. The van der Waals surface area contributed by atoms with Gasteiger partial charge in [0.15, 0.2) is 0 Å². The molecule has 0 amide bonds. The molecule has 92 valence electrons. The molecule has 0 aromatic rings. The van der Waals surface area contributed by atoms with Gasteiger partial charge in [-0.15, -0.1) is 0 Å². The standard InChI is InChI=1S/C12H22N2O2/c1-8-2-3-11(8)14-6-9(5-12(15)16)4-10(13)7-14/h8-11H,2-7,13H2,1H3,(H,15,16). The molecule has 2 aliphatic rings. The number of piperidine rings is 1. The monoisotopic (exact) mass is 226 g/mol. The van der Waals surface area contributed by atoms with Gasteiger partial charge in [-0.05, 0) is 31.1 Å². The topological polar surface area (TPSA) is 66.6 Å². The van der Waals surface area contributed by atoms with E-state index in [9.17, 15) is 4.79 Å². The fraction of sp³-hybridized carbons (Fsp3) is 0.917. The fourth-order valence-corrected chi connectivity index (χ4v) is 3.14. The summed E-state index contributed by atoms with van der Waals surface area (Å²) in [6, 6.07) is 0.813. The SMILES string of the molecule is CC1CCC1N1CC(N)CC(CC(=O)O)C1. The van der Waals surface area contributed by atoms with Crippen LogP contribution in [-0.4, -0.2) is 41.1 Å². The lowest BCUT2D eigenvalue weighted by atomic mass is 9.78. The molecule has 4 atom stereocenters. The summed E-state index contributed by atoms with van der Waals surface area (Å²) in [4.78, 5) is 13.2. The average molecular weight is 226 g/mol. The van der Waals surface area contributed by atoms with Crippen LogP contribution < -0.4 is 5.73 Å². The third kappa shape index (κ3) is 2.55. The van der Waals surface area contributed by atoms with E-state index < -0.39 is 5.97 Å². The number of aliphatic carboxylic acids is 1. The first-order chi connectivity index (χ1) is 7.56. The van der Waals surface area contributed by atoms with E-state index in [1.807, 2.05) is 0 Å². The van der Waals surface area contributed by atoms with Gasteiger partial charge in [0.1, 0.15) is 0 Å². The number of carbonyl (C=O) groups is 1. The highest BCUT2D eigenvalue weighted by molar-refractivity contribution is 5.67. The lowest BCUT2D eigenvalue weighted by Gasteiger charge is -2.47. The van der Waals surface area contributed by atoms with Crippen LogP contribution in [0.5, 0.6) is 0 Å². The van der Waals surface area contributed by atoms with Crippen LogP contribution in [-0.2, 0) is 4.79 Å². The van der Waals surface area contributed by atoms with Crippen molar-refractivity contribution in [2.45, 2.75) is 44.7 Å². The lowest BCUT2D eigenvalue weighted by Crippen LogP contribution is -2.55. The summed E-state index contributed by atoms with van der Waals surface area (Å²) in [5.41, 5.74) is 6.02. The second-order valence-electron chi connectivity index (χ2n) is 5.54. The molecule has 1 aliphatic carbocycles. The van der Waals surface area contributed by atoms with Gasteiger partial charge in [-0.2, -0.15) is 0 Å². The molecule has 0 radical (unpaired) electrons. The highest BCUT2D eigenvalue weighted by Gasteiger charge is 2.37. The summed E-state index contributed by atoms with van der Waals surface area (Å²) in [5, 5.41) is 8.84. The first kappa shape index (κ1) is 11.9. The molecular weight excluding hydrogens is 204 g/mol. The zero-order chi connectivity index (χ0) is 11.7. The Bertz CT molecular complexity index is 270. The Hall–Kier alpha value is -0.610. The molecule has 2 rings (SSSR count). The van der Waals surface area contributed by atoms with Crippen LogP contribution in [0.15, 0.2) is 0 Å². The number of nitrogens with zero attached hydrogens (tertiary/aromatic N) is 1. The number of hydrogen-bond acceptors (Lipinski definition) is 3. The smallest absolute Gasteiger partial charge is 0.303 e. The molecule has 1 heterocycles. The van der Waals surface area contributed by atoms with Crippen LogP contribution >= 0.6 is 0 Å². The predicted molar refractivity (Wildman–Crippen MR) is 62.1 cm³/mol. The number of hydrogen-bond donors (Lipinski definition) is 2. The Morgan fingerprint density at radius 3 is 2.69 bits per heavy atom. The molecule has 2 fully saturated rings. The molecule has 0 aromatic carbocycles. The summed E-state index contributed by atoms with van der Waals surface area (Å²) < 4.78 is 0. The van der Waals surface area contributed by atoms with Gasteiger partial charge in [-0.25, -0.2) is 0 Å². The molecule has 0 aromatic heterocycles. The second kappa shape index (κ2) is 4.72. The predicted octanol–water partition coefficient (Wildman–Crippen LogP) is 0.909. The van der Waals surface area contributed by atoms with Crippen LogP contribution in [0.3, 0.4) is 0 Å². The van der Waals surface area contributed by atoms with Gasteiger partial charge in [-0.1, -0.05) is 6.92 Å². The Morgan fingerprint density at radius 2 is 2.19 bits per heavy atom. The maximum atomic E-state index is 10.7. The minimum absolute atomic E-state index is 0.158. The van der Waals surface area contributed by atoms with E-state index in [1.54, 1.807) is 0 Å². The van der Waals surface area contributed by atoms with Gasteiger partial charge in [0, 0.05) is 31.6 Å². The van der Waals surface area contributed by atoms with Gasteiger partial charge in [-0.3, -0.25) is 9.69 Å². The van der Waals surface area contributed by atoms with Crippen molar-refractivity contribution in [2.24, 2.45) is 17.6 Å². The highest BCUT2D eigenvalue weighted by Crippen LogP contribution is 2.34. The maximum absolute atomic E-state index is 10.7. The van der Waals surface area contributed by atoms with E-state index in [4.69, 9.17) is 10.8 Å². The molecule has 3 N–H and O–H groups in total. The number of carboxylic acid groups (broad SMARTS) is 1. The highest BCUT2D eigenvalue weighted by atomic mass is 16.4. The summed E-state index contributed by atoms with van der Waals surface area (Å²) in [7, 11) is 0. The summed E-state index contributed by atoms with van der Waals surface area (Å²) in [6.07, 6.45) is 3.70.